The number of rotatable bonds is 3. The molecule has 0 aromatic carbocycles. The van der Waals surface area contributed by atoms with E-state index in [1.807, 2.05) is 0 Å². The van der Waals surface area contributed by atoms with Gasteiger partial charge >= 0.3 is 0 Å². The fraction of sp³-hybridized carbons (Fsp3) is 0.875. The summed E-state index contributed by atoms with van der Waals surface area (Å²) in [4.78, 5) is 10.8. The second-order valence-electron chi connectivity index (χ2n) is 2.17. The molecule has 0 saturated carbocycles. The molecule has 0 aromatic heterocycles. The first-order valence-electron chi connectivity index (χ1n) is 6.11. The standard InChI is InChI=1S/C8H17NO/c1-6(2)5-7(3)9-8(4)10/h6-7H,5H2,1-4H3,(H,9,10)/t7-/m1/s1/i1D3,5D2,7D/t6?,7-. The summed E-state index contributed by atoms with van der Waals surface area (Å²) >= 11 is 0. The summed E-state index contributed by atoms with van der Waals surface area (Å²) in [5.41, 5.74) is 0. The van der Waals surface area contributed by atoms with Crippen LogP contribution in [0.1, 0.15) is 42.2 Å². The van der Waals surface area contributed by atoms with Crippen molar-refractivity contribution in [1.82, 2.24) is 5.32 Å². The molecule has 2 heteroatoms. The summed E-state index contributed by atoms with van der Waals surface area (Å²) in [7, 11) is 0. The number of carbonyl (C=O) groups excluding carboxylic acids is 1. The number of hydrogen-bond donors (Lipinski definition) is 1. The fourth-order valence-electron chi connectivity index (χ4n) is 0.625. The van der Waals surface area contributed by atoms with Crippen LogP contribution >= 0.6 is 0 Å². The Morgan fingerprint density at radius 3 is 2.90 bits per heavy atom. The number of hydrogen-bond acceptors (Lipinski definition) is 1. The van der Waals surface area contributed by atoms with Gasteiger partial charge in [-0.25, -0.2) is 0 Å². The maximum atomic E-state index is 10.8. The first-order chi connectivity index (χ1) is 6.82. The average molecular weight is 149 g/mol. The van der Waals surface area contributed by atoms with Crippen LogP contribution in [0.3, 0.4) is 0 Å². The molecule has 0 radical (unpaired) electrons. The van der Waals surface area contributed by atoms with Crippen LogP contribution in [0.15, 0.2) is 0 Å². The highest BCUT2D eigenvalue weighted by atomic mass is 16.1. The Morgan fingerprint density at radius 1 is 1.90 bits per heavy atom. The number of carbonyl (C=O) groups is 1. The normalized spacial score (nSPS) is 30.7. The first-order valence-corrected chi connectivity index (χ1v) is 3.11. The van der Waals surface area contributed by atoms with Crippen molar-refractivity contribution in [3.63, 3.8) is 0 Å². The van der Waals surface area contributed by atoms with Gasteiger partial charge in [-0.3, -0.25) is 4.79 Å². The number of amides is 1. The molecule has 0 aromatic rings. The third kappa shape index (κ3) is 5.60. The molecule has 1 amide bonds. The van der Waals surface area contributed by atoms with Crippen LogP contribution in [0.4, 0.5) is 0 Å². The quantitative estimate of drug-likeness (QED) is 0.648. The lowest BCUT2D eigenvalue weighted by atomic mass is 10.1. The monoisotopic (exact) mass is 149 g/mol. The van der Waals surface area contributed by atoms with Crippen molar-refractivity contribution in [2.24, 2.45) is 5.92 Å². The second kappa shape index (κ2) is 4.31. The summed E-state index contributed by atoms with van der Waals surface area (Å²) in [6.07, 6.45) is -2.36. The van der Waals surface area contributed by atoms with Crippen LogP contribution in [-0.2, 0) is 4.79 Å². The van der Waals surface area contributed by atoms with Gasteiger partial charge in [0, 0.05) is 19.8 Å². The molecule has 10 heavy (non-hydrogen) atoms. The Morgan fingerprint density at radius 2 is 2.50 bits per heavy atom. The van der Waals surface area contributed by atoms with E-state index in [-0.39, 0.29) is 0 Å². The van der Waals surface area contributed by atoms with E-state index in [9.17, 15) is 4.79 Å². The minimum atomic E-state index is -2.51. The predicted octanol–water partition coefficient (Wildman–Crippen LogP) is 1.56. The lowest BCUT2D eigenvalue weighted by molar-refractivity contribution is -0.119. The molecule has 1 unspecified atom stereocenters. The summed E-state index contributed by atoms with van der Waals surface area (Å²) in [5.74, 6) is -1.92. The fourth-order valence-corrected chi connectivity index (χ4v) is 0.625. The third-order valence-electron chi connectivity index (χ3n) is 0.797. The zero-order chi connectivity index (χ0) is 13.4. The van der Waals surface area contributed by atoms with Crippen LogP contribution in [0.2, 0.25) is 0 Å². The van der Waals surface area contributed by atoms with Crippen molar-refractivity contribution in [2.45, 2.75) is 40.0 Å². The highest BCUT2D eigenvalue weighted by Crippen LogP contribution is 2.02. The van der Waals surface area contributed by atoms with Gasteiger partial charge in [0.25, 0.3) is 0 Å². The molecule has 0 aliphatic rings. The van der Waals surface area contributed by atoms with Gasteiger partial charge in [-0.15, -0.1) is 0 Å². The van der Waals surface area contributed by atoms with E-state index in [1.54, 1.807) is 0 Å². The Bertz CT molecular complexity index is 272. The van der Waals surface area contributed by atoms with E-state index >= 15 is 0 Å². The van der Waals surface area contributed by atoms with Gasteiger partial charge < -0.3 is 5.32 Å². The molecule has 0 fully saturated rings. The second-order valence-corrected chi connectivity index (χ2v) is 2.17. The molecule has 0 heterocycles. The molecule has 2 atom stereocenters. The highest BCUT2D eigenvalue weighted by Gasteiger charge is 2.04. The lowest BCUT2D eigenvalue weighted by Gasteiger charge is -2.13. The lowest BCUT2D eigenvalue weighted by Crippen LogP contribution is -2.31. The van der Waals surface area contributed by atoms with Crippen molar-refractivity contribution in [3.8, 4) is 0 Å². The van der Waals surface area contributed by atoms with E-state index in [0.717, 1.165) is 13.8 Å². The molecule has 0 aliphatic carbocycles. The highest BCUT2D eigenvalue weighted by molar-refractivity contribution is 5.73. The van der Waals surface area contributed by atoms with Crippen molar-refractivity contribution < 1.29 is 13.0 Å². The first kappa shape index (κ1) is 3.24. The largest absolute Gasteiger partial charge is 0.354 e. The summed E-state index contributed by atoms with van der Waals surface area (Å²) in [5, 5.41) is 2.12. The van der Waals surface area contributed by atoms with E-state index in [2.05, 4.69) is 5.32 Å². The zero-order valence-corrected chi connectivity index (χ0v) is 6.49. The molecule has 0 spiro atoms. The molecule has 0 aliphatic heterocycles. The summed E-state index contributed by atoms with van der Waals surface area (Å²) in [6, 6.07) is -1.98. The van der Waals surface area contributed by atoms with Crippen LogP contribution < -0.4 is 5.32 Å². The van der Waals surface area contributed by atoms with E-state index in [0.29, 0.717) is 0 Å². The maximum Gasteiger partial charge on any atom is 0.217 e. The van der Waals surface area contributed by atoms with Crippen molar-refractivity contribution in [3.05, 3.63) is 0 Å². The van der Waals surface area contributed by atoms with Gasteiger partial charge in [0.05, 0.1) is 1.37 Å². The number of nitrogens with one attached hydrogen (secondary N) is 1. The molecule has 60 valence electrons. The van der Waals surface area contributed by atoms with Crippen molar-refractivity contribution in [2.75, 3.05) is 0 Å². The van der Waals surface area contributed by atoms with E-state index in [4.69, 9.17) is 8.22 Å². The van der Waals surface area contributed by atoms with Gasteiger partial charge in [-0.1, -0.05) is 13.8 Å². The van der Waals surface area contributed by atoms with Crippen LogP contribution in [0.25, 0.3) is 0 Å². The molecule has 1 N–H and O–H groups in total. The van der Waals surface area contributed by atoms with E-state index in [1.165, 1.54) is 6.92 Å². The third-order valence-corrected chi connectivity index (χ3v) is 0.797. The summed E-state index contributed by atoms with van der Waals surface area (Å²) < 4.78 is 44.5. The Kier molecular flexibility index (Phi) is 1.40. The van der Waals surface area contributed by atoms with Crippen LogP contribution in [0, 0.1) is 5.92 Å². The van der Waals surface area contributed by atoms with Crippen LogP contribution in [-0.4, -0.2) is 11.9 Å². The Hall–Kier alpha value is -0.530. The van der Waals surface area contributed by atoms with Gasteiger partial charge in [0.1, 0.15) is 0 Å². The van der Waals surface area contributed by atoms with Gasteiger partial charge in [0.15, 0.2) is 0 Å². The van der Waals surface area contributed by atoms with E-state index < -0.39 is 31.1 Å². The van der Waals surface area contributed by atoms with Gasteiger partial charge in [-0.05, 0) is 19.2 Å². The average Bonchev–Trinajstić information content (AvgIpc) is 1.98. The van der Waals surface area contributed by atoms with Gasteiger partial charge in [-0.2, -0.15) is 0 Å². The van der Waals surface area contributed by atoms with Crippen molar-refractivity contribution in [1.29, 1.82) is 0 Å². The predicted molar refractivity (Wildman–Crippen MR) is 42.7 cm³/mol. The smallest absolute Gasteiger partial charge is 0.217 e. The minimum Gasteiger partial charge on any atom is -0.354 e. The molecular formula is C8H17NO. The molecule has 0 rings (SSSR count). The topological polar surface area (TPSA) is 29.1 Å². The van der Waals surface area contributed by atoms with Gasteiger partial charge in [0.2, 0.25) is 5.91 Å². The molecule has 2 nitrogen and oxygen atoms in total. The Labute approximate surface area is 71.4 Å². The van der Waals surface area contributed by atoms with Crippen molar-refractivity contribution >= 4 is 5.91 Å². The summed E-state index contributed by atoms with van der Waals surface area (Å²) in [6.45, 7) is 1.01. The molecule has 0 saturated heterocycles. The molecule has 0 bridgehead atoms. The SMILES string of the molecule is [2H]C([2H])([2H])C(C)C([2H])([2H])[C@@]([2H])(C)NC(C)=O. The molecular weight excluding hydrogens is 126 g/mol. The minimum absolute atomic E-state index is 0.570. The Balaban J connectivity index is 5.10. The zero-order valence-electron chi connectivity index (χ0n) is 12.5. The maximum absolute atomic E-state index is 10.8. The van der Waals surface area contributed by atoms with Crippen LogP contribution in [0.5, 0.6) is 0 Å².